The molecule has 0 bridgehead atoms. The Labute approximate surface area is 210 Å². The maximum atomic E-state index is 13.8. The number of amides is 3. The molecule has 1 aromatic carbocycles. The zero-order valence-electron chi connectivity index (χ0n) is 18.2. The summed E-state index contributed by atoms with van der Waals surface area (Å²) < 4.78 is 3.96. The van der Waals surface area contributed by atoms with E-state index in [-0.39, 0.29) is 34.8 Å². The molecule has 0 radical (unpaired) electrons. The molecule has 178 valence electrons. The van der Waals surface area contributed by atoms with Crippen LogP contribution in [0.1, 0.15) is 62.3 Å². The van der Waals surface area contributed by atoms with Crippen LogP contribution in [0.5, 0.6) is 0 Å². The van der Waals surface area contributed by atoms with Crippen molar-refractivity contribution in [2.75, 3.05) is 5.73 Å². The molecule has 0 spiro atoms. The number of carbonyl (C=O) groups is 3. The number of thiophene rings is 1. The van der Waals surface area contributed by atoms with E-state index in [1.54, 1.807) is 18.2 Å². The summed E-state index contributed by atoms with van der Waals surface area (Å²) >= 11 is 8.58. The summed E-state index contributed by atoms with van der Waals surface area (Å²) in [5.41, 5.74) is 11.8. The highest BCUT2D eigenvalue weighted by molar-refractivity contribution is 7.10. The predicted octanol–water partition coefficient (Wildman–Crippen LogP) is 3.98. The van der Waals surface area contributed by atoms with Crippen molar-refractivity contribution < 1.29 is 14.4 Å². The van der Waals surface area contributed by atoms with Gasteiger partial charge in [-0.1, -0.05) is 48.7 Å². The molecular weight excluding hydrogens is 494 g/mol. The number of nitrogens with two attached hydrogens (primary N) is 2. The Kier molecular flexibility index (Phi) is 7.50. The fourth-order valence-corrected chi connectivity index (χ4v) is 5.86. The van der Waals surface area contributed by atoms with E-state index in [0.29, 0.717) is 15.5 Å². The molecule has 1 aliphatic carbocycles. The quantitative estimate of drug-likeness (QED) is 0.416. The SMILES string of the molecule is NC(=O)c1nsc(C(=O)N(Cc2ccccc2Cl)[C@@H](C(=O)NC2CCCC2)c2cccs2)c1N. The number of rotatable bonds is 8. The number of halogens is 1. The molecular formula is C23H24ClN5O3S2. The van der Waals surface area contributed by atoms with Crippen molar-refractivity contribution in [1.29, 1.82) is 0 Å². The summed E-state index contributed by atoms with van der Waals surface area (Å²) in [7, 11) is 0. The highest BCUT2D eigenvalue weighted by Crippen LogP contribution is 2.33. The Bertz CT molecular complexity index is 1190. The van der Waals surface area contributed by atoms with Crippen LogP contribution in [0.3, 0.4) is 0 Å². The molecule has 3 amide bonds. The van der Waals surface area contributed by atoms with Crippen LogP contribution in [0, 0.1) is 0 Å². The molecule has 0 aliphatic heterocycles. The summed E-state index contributed by atoms with van der Waals surface area (Å²) in [4.78, 5) is 41.3. The van der Waals surface area contributed by atoms with Gasteiger partial charge in [0.2, 0.25) is 5.91 Å². The average molecular weight is 518 g/mol. The zero-order valence-corrected chi connectivity index (χ0v) is 20.6. The molecule has 2 heterocycles. The van der Waals surface area contributed by atoms with Gasteiger partial charge in [0.25, 0.3) is 11.8 Å². The van der Waals surface area contributed by atoms with E-state index in [1.165, 1.54) is 16.2 Å². The van der Waals surface area contributed by atoms with Gasteiger partial charge in [0.15, 0.2) is 5.69 Å². The molecule has 11 heteroatoms. The average Bonchev–Trinajstić information content (AvgIpc) is 3.57. The molecule has 1 atom stereocenters. The van der Waals surface area contributed by atoms with E-state index in [4.69, 9.17) is 23.1 Å². The summed E-state index contributed by atoms with van der Waals surface area (Å²) in [6, 6.07) is 9.95. The van der Waals surface area contributed by atoms with Gasteiger partial charge in [0, 0.05) is 22.5 Å². The Morgan fingerprint density at radius 1 is 1.18 bits per heavy atom. The van der Waals surface area contributed by atoms with Crippen molar-refractivity contribution >= 4 is 57.9 Å². The van der Waals surface area contributed by atoms with Crippen LogP contribution in [-0.4, -0.2) is 33.0 Å². The highest BCUT2D eigenvalue weighted by atomic mass is 35.5. The molecule has 34 heavy (non-hydrogen) atoms. The summed E-state index contributed by atoms with van der Waals surface area (Å²) in [6.07, 6.45) is 3.94. The lowest BCUT2D eigenvalue weighted by Gasteiger charge is -2.31. The van der Waals surface area contributed by atoms with Gasteiger partial charge in [-0.25, -0.2) is 0 Å². The third kappa shape index (κ3) is 5.08. The standard InChI is InChI=1S/C23H24ClN5O3S2/c24-15-9-4-1-6-13(15)12-29(23(32)20-17(25)18(21(26)30)28-34-20)19(16-10-5-11-33-16)22(31)27-14-7-2-3-8-14/h1,4-6,9-11,14,19H,2-3,7-8,12,25H2,(H2,26,30)(H,27,31)/t19-/m1/s1. The van der Waals surface area contributed by atoms with Crippen molar-refractivity contribution in [2.45, 2.75) is 44.3 Å². The minimum Gasteiger partial charge on any atom is -0.395 e. The van der Waals surface area contributed by atoms with Crippen LogP contribution >= 0.6 is 34.5 Å². The lowest BCUT2D eigenvalue weighted by molar-refractivity contribution is -0.126. The number of benzene rings is 1. The van der Waals surface area contributed by atoms with Crippen molar-refractivity contribution in [3.05, 3.63) is 67.8 Å². The second kappa shape index (κ2) is 10.5. The number of hydrogen-bond acceptors (Lipinski definition) is 7. The number of nitrogens with one attached hydrogen (secondary N) is 1. The van der Waals surface area contributed by atoms with E-state index in [9.17, 15) is 14.4 Å². The van der Waals surface area contributed by atoms with E-state index in [1.807, 2.05) is 23.6 Å². The molecule has 5 N–H and O–H groups in total. The number of carbonyl (C=O) groups excluding carboxylic acids is 3. The maximum absolute atomic E-state index is 13.8. The van der Waals surface area contributed by atoms with Crippen LogP contribution in [0.15, 0.2) is 41.8 Å². The van der Waals surface area contributed by atoms with Crippen molar-refractivity contribution in [2.24, 2.45) is 5.73 Å². The predicted molar refractivity (Wildman–Crippen MR) is 134 cm³/mol. The number of nitrogen functional groups attached to an aromatic ring is 1. The highest BCUT2D eigenvalue weighted by Gasteiger charge is 2.36. The Morgan fingerprint density at radius 3 is 2.53 bits per heavy atom. The molecule has 1 fully saturated rings. The van der Waals surface area contributed by atoms with Gasteiger partial charge in [-0.2, -0.15) is 4.37 Å². The second-order valence-electron chi connectivity index (χ2n) is 8.07. The summed E-state index contributed by atoms with van der Waals surface area (Å²) in [5, 5.41) is 5.44. The molecule has 2 aromatic heterocycles. The molecule has 1 saturated carbocycles. The van der Waals surface area contributed by atoms with E-state index in [2.05, 4.69) is 9.69 Å². The Balaban J connectivity index is 1.77. The van der Waals surface area contributed by atoms with E-state index < -0.39 is 17.9 Å². The van der Waals surface area contributed by atoms with Crippen LogP contribution in [-0.2, 0) is 11.3 Å². The first-order chi connectivity index (χ1) is 16.4. The minimum atomic E-state index is -0.914. The third-order valence-electron chi connectivity index (χ3n) is 5.79. The van der Waals surface area contributed by atoms with Crippen LogP contribution in [0.4, 0.5) is 5.69 Å². The fourth-order valence-electron chi connectivity index (χ4n) is 4.07. The lowest BCUT2D eigenvalue weighted by atomic mass is 10.1. The van der Waals surface area contributed by atoms with Crippen molar-refractivity contribution in [3.8, 4) is 0 Å². The normalized spacial score (nSPS) is 14.6. The molecule has 0 saturated heterocycles. The monoisotopic (exact) mass is 517 g/mol. The van der Waals surface area contributed by atoms with Gasteiger partial charge in [-0.05, 0) is 47.5 Å². The number of primary amides is 1. The molecule has 1 aliphatic rings. The van der Waals surface area contributed by atoms with Gasteiger partial charge < -0.3 is 21.7 Å². The van der Waals surface area contributed by atoms with Crippen molar-refractivity contribution in [3.63, 3.8) is 0 Å². The van der Waals surface area contributed by atoms with Gasteiger partial charge in [-0.15, -0.1) is 11.3 Å². The van der Waals surface area contributed by atoms with E-state index >= 15 is 0 Å². The molecule has 3 aromatic rings. The van der Waals surface area contributed by atoms with Crippen LogP contribution < -0.4 is 16.8 Å². The largest absolute Gasteiger partial charge is 0.395 e. The first kappa shape index (κ1) is 24.2. The first-order valence-electron chi connectivity index (χ1n) is 10.8. The number of nitrogens with zero attached hydrogens (tertiary/aromatic N) is 2. The van der Waals surface area contributed by atoms with Gasteiger partial charge >= 0.3 is 0 Å². The number of aromatic nitrogens is 1. The van der Waals surface area contributed by atoms with Gasteiger partial charge in [0.1, 0.15) is 10.9 Å². The van der Waals surface area contributed by atoms with Crippen LogP contribution in [0.25, 0.3) is 0 Å². The zero-order chi connectivity index (χ0) is 24.2. The summed E-state index contributed by atoms with van der Waals surface area (Å²) in [5.74, 6) is -1.62. The first-order valence-corrected chi connectivity index (χ1v) is 12.8. The summed E-state index contributed by atoms with van der Waals surface area (Å²) in [6.45, 7) is 0.0579. The van der Waals surface area contributed by atoms with Crippen molar-refractivity contribution in [1.82, 2.24) is 14.6 Å². The number of anilines is 1. The third-order valence-corrected chi connectivity index (χ3v) is 7.93. The number of hydrogen-bond donors (Lipinski definition) is 3. The second-order valence-corrected chi connectivity index (χ2v) is 10.2. The fraction of sp³-hybridized carbons (Fsp3) is 0.304. The smallest absolute Gasteiger partial charge is 0.270 e. The maximum Gasteiger partial charge on any atom is 0.270 e. The van der Waals surface area contributed by atoms with Crippen LogP contribution in [0.2, 0.25) is 5.02 Å². The molecule has 8 nitrogen and oxygen atoms in total. The van der Waals surface area contributed by atoms with E-state index in [0.717, 1.165) is 37.2 Å². The molecule has 4 rings (SSSR count). The Hall–Kier alpha value is -2.95. The molecule has 0 unspecified atom stereocenters. The van der Waals surface area contributed by atoms with Gasteiger partial charge in [0.05, 0.1) is 5.69 Å². The Morgan fingerprint density at radius 2 is 1.91 bits per heavy atom. The topological polar surface area (TPSA) is 131 Å². The van der Waals surface area contributed by atoms with Gasteiger partial charge in [-0.3, -0.25) is 14.4 Å². The lowest BCUT2D eigenvalue weighted by Crippen LogP contribution is -2.45. The minimum absolute atomic E-state index is 0.0519.